The molecule has 0 N–H and O–H groups in total. The van der Waals surface area contributed by atoms with E-state index in [2.05, 4.69) is 22.7 Å². The molecule has 82 valence electrons. The van der Waals surface area contributed by atoms with Gasteiger partial charge in [-0.25, -0.2) is 4.98 Å². The highest BCUT2D eigenvalue weighted by atomic mass is 16.5. The SMILES string of the molecule is CCc1cn2c(n1)CC(C(=O)OC)CC2. The van der Waals surface area contributed by atoms with Crippen LogP contribution >= 0.6 is 0 Å². The van der Waals surface area contributed by atoms with Crippen LogP contribution in [-0.4, -0.2) is 22.6 Å². The van der Waals surface area contributed by atoms with Crippen LogP contribution in [0.2, 0.25) is 0 Å². The van der Waals surface area contributed by atoms with Crippen molar-refractivity contribution in [1.29, 1.82) is 0 Å². The fourth-order valence-electron chi connectivity index (χ4n) is 2.03. The molecule has 0 fully saturated rings. The summed E-state index contributed by atoms with van der Waals surface area (Å²) in [5.74, 6) is 0.908. The van der Waals surface area contributed by atoms with Gasteiger partial charge in [-0.2, -0.15) is 0 Å². The van der Waals surface area contributed by atoms with Crippen molar-refractivity contribution in [2.45, 2.75) is 32.7 Å². The first-order valence-corrected chi connectivity index (χ1v) is 5.37. The fourth-order valence-corrected chi connectivity index (χ4v) is 2.03. The average Bonchev–Trinajstić information content (AvgIpc) is 2.69. The number of nitrogens with zero attached hydrogens (tertiary/aromatic N) is 2. The van der Waals surface area contributed by atoms with Gasteiger partial charge in [-0.05, 0) is 12.8 Å². The topological polar surface area (TPSA) is 44.1 Å². The zero-order valence-electron chi connectivity index (χ0n) is 9.19. The molecule has 0 aromatic carbocycles. The molecule has 0 bridgehead atoms. The van der Waals surface area contributed by atoms with E-state index in [0.717, 1.165) is 30.9 Å². The number of carbonyl (C=O) groups excluding carboxylic acids is 1. The van der Waals surface area contributed by atoms with E-state index in [1.807, 2.05) is 0 Å². The molecule has 0 spiro atoms. The van der Waals surface area contributed by atoms with Gasteiger partial charge >= 0.3 is 5.97 Å². The average molecular weight is 208 g/mol. The Balaban J connectivity index is 2.15. The minimum atomic E-state index is -0.109. The maximum Gasteiger partial charge on any atom is 0.309 e. The number of imidazole rings is 1. The van der Waals surface area contributed by atoms with Crippen molar-refractivity contribution < 1.29 is 9.53 Å². The molecule has 4 heteroatoms. The molecule has 0 amide bonds. The van der Waals surface area contributed by atoms with Gasteiger partial charge in [0.2, 0.25) is 0 Å². The van der Waals surface area contributed by atoms with Crippen molar-refractivity contribution >= 4 is 5.97 Å². The monoisotopic (exact) mass is 208 g/mol. The van der Waals surface area contributed by atoms with Crippen molar-refractivity contribution in [3.8, 4) is 0 Å². The third-order valence-electron chi connectivity index (χ3n) is 2.95. The zero-order chi connectivity index (χ0) is 10.8. The summed E-state index contributed by atoms with van der Waals surface area (Å²) in [4.78, 5) is 15.9. The molecule has 1 aliphatic rings. The van der Waals surface area contributed by atoms with Crippen LogP contribution in [0.15, 0.2) is 6.20 Å². The Morgan fingerprint density at radius 2 is 2.53 bits per heavy atom. The zero-order valence-corrected chi connectivity index (χ0v) is 9.19. The number of esters is 1. The number of hydrogen-bond donors (Lipinski definition) is 0. The highest BCUT2D eigenvalue weighted by molar-refractivity contribution is 5.72. The van der Waals surface area contributed by atoms with Crippen molar-refractivity contribution in [3.05, 3.63) is 17.7 Å². The second-order valence-corrected chi connectivity index (χ2v) is 3.91. The summed E-state index contributed by atoms with van der Waals surface area (Å²) < 4.78 is 6.91. The van der Waals surface area contributed by atoms with E-state index >= 15 is 0 Å². The van der Waals surface area contributed by atoms with Gasteiger partial charge in [-0.3, -0.25) is 4.79 Å². The molecule has 0 saturated carbocycles. The summed E-state index contributed by atoms with van der Waals surface area (Å²) in [7, 11) is 1.45. The highest BCUT2D eigenvalue weighted by Gasteiger charge is 2.26. The lowest BCUT2D eigenvalue weighted by molar-refractivity contribution is -0.146. The Kier molecular flexibility index (Phi) is 2.75. The number of rotatable bonds is 2. The molecule has 2 rings (SSSR count). The normalized spacial score (nSPS) is 19.7. The molecule has 1 atom stereocenters. The van der Waals surface area contributed by atoms with Crippen LogP contribution < -0.4 is 0 Å². The van der Waals surface area contributed by atoms with E-state index in [1.165, 1.54) is 7.11 Å². The lowest BCUT2D eigenvalue weighted by Crippen LogP contribution is -2.26. The van der Waals surface area contributed by atoms with E-state index in [9.17, 15) is 4.79 Å². The number of carbonyl (C=O) groups is 1. The van der Waals surface area contributed by atoms with Gasteiger partial charge in [0.1, 0.15) is 5.82 Å². The minimum Gasteiger partial charge on any atom is -0.469 e. The van der Waals surface area contributed by atoms with Gasteiger partial charge < -0.3 is 9.30 Å². The van der Waals surface area contributed by atoms with E-state index in [1.54, 1.807) is 0 Å². The predicted octanol–water partition coefficient (Wildman–Crippen LogP) is 1.18. The van der Waals surface area contributed by atoms with E-state index in [4.69, 9.17) is 4.74 Å². The third-order valence-corrected chi connectivity index (χ3v) is 2.95. The summed E-state index contributed by atoms with van der Waals surface area (Å²) in [6.07, 6.45) is 4.61. The molecular formula is C11H16N2O2. The molecule has 0 saturated heterocycles. The Morgan fingerprint density at radius 3 is 3.20 bits per heavy atom. The van der Waals surface area contributed by atoms with Crippen molar-refractivity contribution in [1.82, 2.24) is 9.55 Å². The van der Waals surface area contributed by atoms with Crippen molar-refractivity contribution in [2.24, 2.45) is 5.92 Å². The standard InChI is InChI=1S/C11H16N2O2/c1-3-9-7-13-5-4-8(11(14)15-2)6-10(13)12-9/h7-8H,3-6H2,1-2H3. The van der Waals surface area contributed by atoms with Crippen LogP contribution in [0.4, 0.5) is 0 Å². The van der Waals surface area contributed by atoms with Crippen LogP contribution in [-0.2, 0) is 28.9 Å². The molecular weight excluding hydrogens is 192 g/mol. The first-order chi connectivity index (χ1) is 7.24. The van der Waals surface area contributed by atoms with Gasteiger partial charge in [-0.1, -0.05) is 6.92 Å². The largest absolute Gasteiger partial charge is 0.469 e. The number of methoxy groups -OCH3 is 1. The number of ether oxygens (including phenoxy) is 1. The van der Waals surface area contributed by atoms with E-state index in [-0.39, 0.29) is 11.9 Å². The second kappa shape index (κ2) is 4.04. The highest BCUT2D eigenvalue weighted by Crippen LogP contribution is 2.21. The quantitative estimate of drug-likeness (QED) is 0.685. The fraction of sp³-hybridized carbons (Fsp3) is 0.636. The number of aryl methyl sites for hydroxylation is 2. The van der Waals surface area contributed by atoms with Crippen molar-refractivity contribution in [2.75, 3.05) is 7.11 Å². The maximum absolute atomic E-state index is 11.4. The molecule has 1 aromatic rings. The minimum absolute atomic E-state index is 0.00499. The Bertz CT molecular complexity index is 371. The Labute approximate surface area is 89.3 Å². The van der Waals surface area contributed by atoms with Gasteiger partial charge in [0.15, 0.2) is 0 Å². The van der Waals surface area contributed by atoms with Crippen LogP contribution in [0.3, 0.4) is 0 Å². The molecule has 4 nitrogen and oxygen atoms in total. The maximum atomic E-state index is 11.4. The van der Waals surface area contributed by atoms with Crippen LogP contribution in [0.25, 0.3) is 0 Å². The summed E-state index contributed by atoms with van der Waals surface area (Å²) in [6.45, 7) is 2.97. The van der Waals surface area contributed by atoms with Crippen LogP contribution in [0, 0.1) is 5.92 Å². The molecule has 15 heavy (non-hydrogen) atoms. The summed E-state index contributed by atoms with van der Waals surface area (Å²) >= 11 is 0. The number of fused-ring (bicyclic) bond motifs is 1. The Hall–Kier alpha value is -1.32. The summed E-state index contributed by atoms with van der Waals surface area (Å²) in [6, 6.07) is 0. The van der Waals surface area contributed by atoms with Crippen LogP contribution in [0.1, 0.15) is 24.9 Å². The Morgan fingerprint density at radius 1 is 1.73 bits per heavy atom. The summed E-state index contributed by atoms with van der Waals surface area (Å²) in [5, 5.41) is 0. The van der Waals surface area contributed by atoms with E-state index < -0.39 is 0 Å². The first-order valence-electron chi connectivity index (χ1n) is 5.37. The lowest BCUT2D eigenvalue weighted by Gasteiger charge is -2.20. The number of aromatic nitrogens is 2. The van der Waals surface area contributed by atoms with Crippen LogP contribution in [0.5, 0.6) is 0 Å². The smallest absolute Gasteiger partial charge is 0.309 e. The molecule has 1 aliphatic heterocycles. The number of hydrogen-bond acceptors (Lipinski definition) is 3. The second-order valence-electron chi connectivity index (χ2n) is 3.91. The third kappa shape index (κ3) is 1.89. The van der Waals surface area contributed by atoms with Gasteiger partial charge in [0.25, 0.3) is 0 Å². The molecule has 1 unspecified atom stereocenters. The van der Waals surface area contributed by atoms with Crippen molar-refractivity contribution in [3.63, 3.8) is 0 Å². The molecule has 2 heterocycles. The van der Waals surface area contributed by atoms with Gasteiger partial charge in [0.05, 0.1) is 18.7 Å². The van der Waals surface area contributed by atoms with Gasteiger partial charge in [0, 0.05) is 19.2 Å². The molecule has 0 aliphatic carbocycles. The van der Waals surface area contributed by atoms with E-state index in [0.29, 0.717) is 6.42 Å². The lowest BCUT2D eigenvalue weighted by atomic mass is 9.98. The summed E-state index contributed by atoms with van der Waals surface area (Å²) in [5.41, 5.74) is 1.11. The molecule has 0 radical (unpaired) electrons. The predicted molar refractivity (Wildman–Crippen MR) is 55.4 cm³/mol. The van der Waals surface area contributed by atoms with Gasteiger partial charge in [-0.15, -0.1) is 0 Å². The molecule has 1 aromatic heterocycles. The first kappa shape index (κ1) is 10.2.